The predicted molar refractivity (Wildman–Crippen MR) is 120 cm³/mol. The molecule has 2 fully saturated rings. The van der Waals surface area contributed by atoms with Gasteiger partial charge >= 0.3 is 0 Å². The number of hydrogen-bond donors (Lipinski definition) is 1. The molecule has 1 aromatic rings. The van der Waals surface area contributed by atoms with Gasteiger partial charge in [-0.1, -0.05) is 55.7 Å². The Bertz CT molecular complexity index is 931. The Labute approximate surface area is 184 Å². The van der Waals surface area contributed by atoms with E-state index in [2.05, 4.69) is 19.9 Å². The first kappa shape index (κ1) is 21.8. The number of benzene rings is 1. The van der Waals surface area contributed by atoms with Crippen LogP contribution in [0, 0.1) is 17.8 Å². The molecule has 0 spiro atoms. The minimum absolute atomic E-state index is 0.0133. The highest BCUT2D eigenvalue weighted by molar-refractivity contribution is 6.05. The van der Waals surface area contributed by atoms with Crippen molar-refractivity contribution >= 4 is 17.9 Å². The third kappa shape index (κ3) is 3.96. The molecule has 0 unspecified atom stereocenters. The molecular formula is C26H33NO4. The van der Waals surface area contributed by atoms with Gasteiger partial charge in [-0.3, -0.25) is 14.5 Å². The average Bonchev–Trinajstić information content (AvgIpc) is 3.28. The summed E-state index contributed by atoms with van der Waals surface area (Å²) in [6, 6.07) is 7.42. The molecule has 1 aliphatic carbocycles. The number of phenols is 1. The van der Waals surface area contributed by atoms with Crippen LogP contribution in [0.5, 0.6) is 5.75 Å². The molecule has 0 saturated carbocycles. The Morgan fingerprint density at radius 3 is 2.65 bits per heavy atom. The van der Waals surface area contributed by atoms with Crippen LogP contribution in [-0.4, -0.2) is 41.6 Å². The minimum Gasteiger partial charge on any atom is -0.507 e. The van der Waals surface area contributed by atoms with Gasteiger partial charge in [-0.2, -0.15) is 0 Å². The molecule has 3 aliphatic rings. The Morgan fingerprint density at radius 2 is 1.94 bits per heavy atom. The van der Waals surface area contributed by atoms with Gasteiger partial charge in [0.05, 0.1) is 24.5 Å². The van der Waals surface area contributed by atoms with E-state index in [-0.39, 0.29) is 35.7 Å². The van der Waals surface area contributed by atoms with Gasteiger partial charge in [-0.15, -0.1) is 0 Å². The van der Waals surface area contributed by atoms with Crippen molar-refractivity contribution in [2.45, 2.75) is 58.5 Å². The molecule has 0 aromatic heterocycles. The van der Waals surface area contributed by atoms with Gasteiger partial charge in [0.1, 0.15) is 5.75 Å². The first-order chi connectivity index (χ1) is 15.0. The Morgan fingerprint density at radius 1 is 1.16 bits per heavy atom. The maximum atomic E-state index is 12.8. The first-order valence-corrected chi connectivity index (χ1v) is 11.6. The second kappa shape index (κ2) is 8.99. The van der Waals surface area contributed by atoms with E-state index in [0.29, 0.717) is 18.8 Å². The lowest BCUT2D eigenvalue weighted by Crippen LogP contribution is -2.33. The highest BCUT2D eigenvalue weighted by atomic mass is 16.5. The largest absolute Gasteiger partial charge is 0.507 e. The highest BCUT2D eigenvalue weighted by Gasteiger charge is 2.55. The zero-order valence-corrected chi connectivity index (χ0v) is 18.8. The maximum Gasteiger partial charge on any atom is 0.233 e. The number of para-hydroxylation sites is 1. The summed E-state index contributed by atoms with van der Waals surface area (Å²) in [5.41, 5.74) is 4.75. The van der Waals surface area contributed by atoms with Crippen molar-refractivity contribution in [3.05, 3.63) is 46.5 Å². The molecule has 4 rings (SSSR count). The van der Waals surface area contributed by atoms with Crippen LogP contribution < -0.4 is 0 Å². The van der Waals surface area contributed by atoms with Crippen LogP contribution in [0.3, 0.4) is 0 Å². The van der Waals surface area contributed by atoms with Gasteiger partial charge in [0.2, 0.25) is 11.8 Å². The average molecular weight is 424 g/mol. The summed E-state index contributed by atoms with van der Waals surface area (Å²) in [5.74, 6) is -0.185. The van der Waals surface area contributed by atoms with E-state index in [1.54, 1.807) is 13.1 Å². The van der Waals surface area contributed by atoms with Gasteiger partial charge in [-0.25, -0.2) is 0 Å². The van der Waals surface area contributed by atoms with Crippen molar-refractivity contribution in [2.75, 3.05) is 13.7 Å². The van der Waals surface area contributed by atoms with Crippen molar-refractivity contribution in [3.8, 4) is 5.75 Å². The number of fused-ring (bicyclic) bond motifs is 3. The Kier molecular flexibility index (Phi) is 6.33. The molecule has 0 bridgehead atoms. The number of phenolic OH excluding ortho intramolecular Hbond substituents is 1. The fourth-order valence-electron chi connectivity index (χ4n) is 5.71. The molecule has 4 atom stereocenters. The van der Waals surface area contributed by atoms with Crippen LogP contribution >= 0.6 is 0 Å². The van der Waals surface area contributed by atoms with Crippen molar-refractivity contribution in [3.63, 3.8) is 0 Å². The van der Waals surface area contributed by atoms with Gasteiger partial charge in [0.25, 0.3) is 0 Å². The molecule has 2 amide bonds. The van der Waals surface area contributed by atoms with Crippen molar-refractivity contribution in [2.24, 2.45) is 17.8 Å². The lowest BCUT2D eigenvalue weighted by molar-refractivity contribution is -0.138. The topological polar surface area (TPSA) is 66.8 Å². The smallest absolute Gasteiger partial charge is 0.233 e. The molecule has 5 nitrogen and oxygen atoms in total. The summed E-state index contributed by atoms with van der Waals surface area (Å²) in [6.45, 7) is 4.84. The Hall–Kier alpha value is -2.40. The van der Waals surface area contributed by atoms with E-state index in [0.717, 1.165) is 37.7 Å². The quantitative estimate of drug-likeness (QED) is 0.509. The summed E-state index contributed by atoms with van der Waals surface area (Å²) in [5, 5.41) is 10.1. The number of carbonyl (C=O) groups is 2. The van der Waals surface area contributed by atoms with Crippen LogP contribution in [0.25, 0.3) is 6.08 Å². The SMILES string of the molecule is CCC/C(=C\c1ccccc1O)CC[C@H]1OC[C@H]2C1=C(CC)C[C@H]1C(=O)N(C)C(=O)[C@H]12. The molecule has 2 heterocycles. The molecular weight excluding hydrogens is 390 g/mol. The summed E-state index contributed by atoms with van der Waals surface area (Å²) < 4.78 is 6.25. The fourth-order valence-corrected chi connectivity index (χ4v) is 5.71. The van der Waals surface area contributed by atoms with Gasteiger partial charge in [0.15, 0.2) is 0 Å². The third-order valence-electron chi connectivity index (χ3n) is 7.25. The molecule has 0 radical (unpaired) electrons. The molecule has 1 N–H and O–H groups in total. The number of carbonyl (C=O) groups excluding carboxylic acids is 2. The summed E-state index contributed by atoms with van der Waals surface area (Å²) >= 11 is 0. The van der Waals surface area contributed by atoms with E-state index >= 15 is 0 Å². The molecule has 2 saturated heterocycles. The number of rotatable bonds is 7. The number of aromatic hydroxyl groups is 1. The normalized spacial score (nSPS) is 28.4. The molecule has 31 heavy (non-hydrogen) atoms. The van der Waals surface area contributed by atoms with E-state index in [9.17, 15) is 14.7 Å². The second-order valence-electron chi connectivity index (χ2n) is 9.06. The lowest BCUT2D eigenvalue weighted by Gasteiger charge is -2.31. The number of likely N-dealkylation sites (tertiary alicyclic amines) is 1. The molecule has 2 aliphatic heterocycles. The third-order valence-corrected chi connectivity index (χ3v) is 7.25. The van der Waals surface area contributed by atoms with Crippen LogP contribution in [0.15, 0.2) is 41.0 Å². The minimum atomic E-state index is -0.250. The highest BCUT2D eigenvalue weighted by Crippen LogP contribution is 2.50. The van der Waals surface area contributed by atoms with Gasteiger partial charge < -0.3 is 9.84 Å². The zero-order chi connectivity index (χ0) is 22.1. The summed E-state index contributed by atoms with van der Waals surface area (Å²) in [4.78, 5) is 26.7. The number of hydrogen-bond acceptors (Lipinski definition) is 4. The van der Waals surface area contributed by atoms with Crippen LogP contribution in [0.4, 0.5) is 0 Å². The number of nitrogens with zero attached hydrogens (tertiary/aromatic N) is 1. The molecule has 166 valence electrons. The predicted octanol–water partition coefficient (Wildman–Crippen LogP) is 4.71. The van der Waals surface area contributed by atoms with E-state index < -0.39 is 0 Å². The second-order valence-corrected chi connectivity index (χ2v) is 9.06. The monoisotopic (exact) mass is 423 g/mol. The molecule has 5 heteroatoms. The Balaban J connectivity index is 1.54. The molecule has 1 aromatic carbocycles. The zero-order valence-electron chi connectivity index (χ0n) is 18.8. The van der Waals surface area contributed by atoms with E-state index in [1.807, 2.05) is 18.2 Å². The lowest BCUT2D eigenvalue weighted by atomic mass is 9.69. The standard InChI is InChI=1S/C26H33NO4/c1-4-8-16(13-18-9-6-7-10-21(18)28)11-12-22-23-17(5-2)14-19-24(20(23)15-31-22)26(30)27(3)25(19)29/h6-7,9-10,13,19-20,22,24,28H,4-5,8,11-12,14-15H2,1-3H3/b16-13+/t19-,20+,22-,24-/m1/s1. The number of imide groups is 1. The van der Waals surface area contributed by atoms with Crippen molar-refractivity contribution < 1.29 is 19.4 Å². The van der Waals surface area contributed by atoms with Crippen LogP contribution in [-0.2, 0) is 14.3 Å². The van der Waals surface area contributed by atoms with E-state index in [4.69, 9.17) is 4.74 Å². The van der Waals surface area contributed by atoms with E-state index in [1.165, 1.54) is 21.6 Å². The van der Waals surface area contributed by atoms with Crippen molar-refractivity contribution in [1.29, 1.82) is 0 Å². The fraction of sp³-hybridized carbons (Fsp3) is 0.538. The number of allylic oxidation sites excluding steroid dienone is 2. The summed E-state index contributed by atoms with van der Waals surface area (Å²) in [6.07, 6.45) is 7.48. The van der Waals surface area contributed by atoms with Crippen molar-refractivity contribution in [1.82, 2.24) is 4.90 Å². The number of ether oxygens (including phenoxy) is 1. The number of amides is 2. The first-order valence-electron chi connectivity index (χ1n) is 11.6. The van der Waals surface area contributed by atoms with Crippen LogP contribution in [0.2, 0.25) is 0 Å². The summed E-state index contributed by atoms with van der Waals surface area (Å²) in [7, 11) is 1.61. The van der Waals surface area contributed by atoms with Gasteiger partial charge in [-0.05, 0) is 43.7 Å². The maximum absolute atomic E-state index is 12.8. The van der Waals surface area contributed by atoms with Gasteiger partial charge in [0, 0.05) is 18.5 Å². The van der Waals surface area contributed by atoms with Crippen LogP contribution in [0.1, 0.15) is 57.9 Å².